The maximum absolute atomic E-state index is 12.5. The number of benzene rings is 2. The van der Waals surface area contributed by atoms with Gasteiger partial charge in [0, 0.05) is 12.7 Å². The molecule has 140 valence electrons. The van der Waals surface area contributed by atoms with Gasteiger partial charge in [0.15, 0.2) is 10.8 Å². The lowest BCUT2D eigenvalue weighted by molar-refractivity contribution is -0.115. The summed E-state index contributed by atoms with van der Waals surface area (Å²) in [7, 11) is 1.72. The Kier molecular flexibility index (Phi) is 4.94. The van der Waals surface area contributed by atoms with Crippen LogP contribution in [0.4, 0.5) is 5.69 Å². The SMILES string of the molecule is CN(C(=O)CSc1nc2c(cnn2-c2ccccc2)c(=O)[nH]1)c1ccccc1. The molecule has 2 heterocycles. The van der Waals surface area contributed by atoms with Crippen LogP contribution in [0.3, 0.4) is 0 Å². The van der Waals surface area contributed by atoms with Gasteiger partial charge in [-0.2, -0.15) is 5.10 Å². The van der Waals surface area contributed by atoms with Crippen molar-refractivity contribution >= 4 is 34.4 Å². The van der Waals surface area contributed by atoms with Crippen molar-refractivity contribution in [1.29, 1.82) is 0 Å². The zero-order valence-corrected chi connectivity index (χ0v) is 15.9. The summed E-state index contributed by atoms with van der Waals surface area (Å²) in [5.74, 6) is 0.0646. The topological polar surface area (TPSA) is 83.9 Å². The Morgan fingerprint density at radius 3 is 2.50 bits per heavy atom. The molecule has 8 heteroatoms. The summed E-state index contributed by atoms with van der Waals surface area (Å²) in [6, 6.07) is 18.9. The number of para-hydroxylation sites is 2. The van der Waals surface area contributed by atoms with Crippen molar-refractivity contribution in [3.05, 3.63) is 77.2 Å². The molecule has 1 amide bonds. The van der Waals surface area contributed by atoms with Crippen LogP contribution in [-0.2, 0) is 4.79 Å². The van der Waals surface area contributed by atoms with Crippen LogP contribution in [0.2, 0.25) is 0 Å². The lowest BCUT2D eigenvalue weighted by atomic mass is 10.3. The van der Waals surface area contributed by atoms with Gasteiger partial charge < -0.3 is 9.88 Å². The normalized spacial score (nSPS) is 10.9. The van der Waals surface area contributed by atoms with Crippen molar-refractivity contribution in [3.63, 3.8) is 0 Å². The minimum absolute atomic E-state index is 0.0875. The molecule has 4 rings (SSSR count). The molecule has 0 aliphatic heterocycles. The molecular weight excluding hydrogens is 374 g/mol. The van der Waals surface area contributed by atoms with Gasteiger partial charge in [0.25, 0.3) is 5.56 Å². The smallest absolute Gasteiger partial charge is 0.262 e. The number of rotatable bonds is 5. The van der Waals surface area contributed by atoms with E-state index in [1.165, 1.54) is 18.0 Å². The molecule has 0 fully saturated rings. The Morgan fingerprint density at radius 2 is 1.79 bits per heavy atom. The number of carbonyl (C=O) groups is 1. The minimum atomic E-state index is -0.279. The van der Waals surface area contributed by atoms with Crippen LogP contribution < -0.4 is 10.5 Å². The van der Waals surface area contributed by atoms with Gasteiger partial charge in [-0.05, 0) is 24.3 Å². The number of nitrogens with zero attached hydrogens (tertiary/aromatic N) is 4. The molecule has 2 aromatic heterocycles. The number of aromatic nitrogens is 4. The summed E-state index contributed by atoms with van der Waals surface area (Å²) in [5, 5.41) is 5.06. The molecule has 7 nitrogen and oxygen atoms in total. The number of fused-ring (bicyclic) bond motifs is 1. The van der Waals surface area contributed by atoms with Gasteiger partial charge in [0.2, 0.25) is 5.91 Å². The zero-order chi connectivity index (χ0) is 19.5. The van der Waals surface area contributed by atoms with Gasteiger partial charge >= 0.3 is 0 Å². The van der Waals surface area contributed by atoms with E-state index in [1.54, 1.807) is 16.6 Å². The van der Waals surface area contributed by atoms with Crippen LogP contribution >= 0.6 is 11.8 Å². The van der Waals surface area contributed by atoms with Crippen molar-refractivity contribution < 1.29 is 4.79 Å². The van der Waals surface area contributed by atoms with Gasteiger partial charge in [0.05, 0.1) is 17.6 Å². The fourth-order valence-electron chi connectivity index (χ4n) is 2.75. The standard InChI is InChI=1S/C20H17N5O2S/c1-24(14-8-4-2-5-9-14)17(26)13-28-20-22-18-16(19(27)23-20)12-21-25(18)15-10-6-3-7-11-15/h2-12H,13H2,1H3,(H,22,23,27). The molecule has 2 aromatic carbocycles. The Hall–Kier alpha value is -3.39. The van der Waals surface area contributed by atoms with E-state index in [0.29, 0.717) is 16.2 Å². The molecule has 0 bridgehead atoms. The van der Waals surface area contributed by atoms with E-state index in [1.807, 2.05) is 60.7 Å². The number of thioether (sulfide) groups is 1. The summed E-state index contributed by atoms with van der Waals surface area (Å²) in [6.07, 6.45) is 1.50. The number of nitrogens with one attached hydrogen (secondary N) is 1. The Labute approximate surface area is 165 Å². The first-order chi connectivity index (χ1) is 13.6. The van der Waals surface area contributed by atoms with E-state index in [2.05, 4.69) is 15.1 Å². The summed E-state index contributed by atoms with van der Waals surface area (Å²) >= 11 is 1.19. The van der Waals surface area contributed by atoms with Crippen molar-refractivity contribution in [2.24, 2.45) is 0 Å². The van der Waals surface area contributed by atoms with E-state index in [-0.39, 0.29) is 17.2 Å². The van der Waals surface area contributed by atoms with Gasteiger partial charge in [-0.3, -0.25) is 9.59 Å². The number of hydrogen-bond donors (Lipinski definition) is 1. The van der Waals surface area contributed by atoms with Crippen LogP contribution in [-0.4, -0.2) is 38.5 Å². The molecule has 0 spiro atoms. The van der Waals surface area contributed by atoms with Crippen molar-refractivity contribution in [3.8, 4) is 5.69 Å². The maximum Gasteiger partial charge on any atom is 0.262 e. The first-order valence-corrected chi connectivity index (χ1v) is 9.60. The van der Waals surface area contributed by atoms with Crippen LogP contribution in [0.5, 0.6) is 0 Å². The van der Waals surface area contributed by atoms with Gasteiger partial charge in [0.1, 0.15) is 5.39 Å². The summed E-state index contributed by atoms with van der Waals surface area (Å²) in [4.78, 5) is 33.7. The third-order valence-corrected chi connectivity index (χ3v) is 5.13. The van der Waals surface area contributed by atoms with Crippen molar-refractivity contribution in [1.82, 2.24) is 19.7 Å². The van der Waals surface area contributed by atoms with E-state index >= 15 is 0 Å². The zero-order valence-electron chi connectivity index (χ0n) is 15.1. The van der Waals surface area contributed by atoms with E-state index in [0.717, 1.165) is 11.4 Å². The first-order valence-electron chi connectivity index (χ1n) is 8.61. The summed E-state index contributed by atoms with van der Waals surface area (Å²) in [6.45, 7) is 0. The second-order valence-electron chi connectivity index (χ2n) is 6.08. The van der Waals surface area contributed by atoms with Crippen molar-refractivity contribution in [2.75, 3.05) is 17.7 Å². The number of carbonyl (C=O) groups excluding carboxylic acids is 1. The molecule has 0 radical (unpaired) electrons. The quantitative estimate of drug-likeness (QED) is 0.418. The lowest BCUT2D eigenvalue weighted by Gasteiger charge is -2.16. The summed E-state index contributed by atoms with van der Waals surface area (Å²) in [5.41, 5.74) is 1.80. The van der Waals surface area contributed by atoms with Crippen LogP contribution in [0.15, 0.2) is 76.8 Å². The molecule has 0 aliphatic rings. The molecule has 4 aromatic rings. The summed E-state index contributed by atoms with van der Waals surface area (Å²) < 4.78 is 1.62. The fraction of sp³-hybridized carbons (Fsp3) is 0.100. The fourth-order valence-corrected chi connectivity index (χ4v) is 3.52. The van der Waals surface area contributed by atoms with E-state index < -0.39 is 0 Å². The molecule has 0 saturated heterocycles. The third kappa shape index (κ3) is 3.54. The van der Waals surface area contributed by atoms with E-state index in [4.69, 9.17) is 0 Å². The van der Waals surface area contributed by atoms with Gasteiger partial charge in [-0.1, -0.05) is 48.2 Å². The average molecular weight is 391 g/mol. The van der Waals surface area contributed by atoms with Crippen molar-refractivity contribution in [2.45, 2.75) is 5.16 Å². The first kappa shape index (κ1) is 18.0. The van der Waals surface area contributed by atoms with Crippen LogP contribution in [0, 0.1) is 0 Å². The average Bonchev–Trinajstić information content (AvgIpc) is 3.17. The number of anilines is 1. The lowest BCUT2D eigenvalue weighted by Crippen LogP contribution is -2.28. The highest BCUT2D eigenvalue weighted by molar-refractivity contribution is 7.99. The molecule has 0 aliphatic carbocycles. The minimum Gasteiger partial charge on any atom is -0.315 e. The number of hydrogen-bond acceptors (Lipinski definition) is 5. The highest BCUT2D eigenvalue weighted by Gasteiger charge is 2.15. The number of H-pyrrole nitrogens is 1. The van der Waals surface area contributed by atoms with Gasteiger partial charge in [-0.15, -0.1) is 0 Å². The van der Waals surface area contributed by atoms with E-state index in [9.17, 15) is 9.59 Å². The predicted octanol–water partition coefficient (Wildman–Crippen LogP) is 2.86. The van der Waals surface area contributed by atoms with Gasteiger partial charge in [-0.25, -0.2) is 9.67 Å². The predicted molar refractivity (Wildman–Crippen MR) is 110 cm³/mol. The highest BCUT2D eigenvalue weighted by atomic mass is 32.2. The molecular formula is C20H17N5O2S. The Balaban J connectivity index is 1.58. The molecule has 28 heavy (non-hydrogen) atoms. The largest absolute Gasteiger partial charge is 0.315 e. The second-order valence-corrected chi connectivity index (χ2v) is 7.04. The number of amides is 1. The Morgan fingerprint density at radius 1 is 1.11 bits per heavy atom. The maximum atomic E-state index is 12.5. The highest BCUT2D eigenvalue weighted by Crippen LogP contribution is 2.19. The monoisotopic (exact) mass is 391 g/mol. The Bertz CT molecular complexity index is 1170. The molecule has 0 atom stereocenters. The molecule has 1 N–H and O–H groups in total. The second kappa shape index (κ2) is 7.69. The van der Waals surface area contributed by atoms with Crippen LogP contribution in [0.25, 0.3) is 16.7 Å². The molecule has 0 saturated carbocycles. The third-order valence-electron chi connectivity index (χ3n) is 4.27. The number of aromatic amines is 1. The van der Waals surface area contributed by atoms with Crippen LogP contribution in [0.1, 0.15) is 0 Å². The molecule has 0 unspecified atom stereocenters.